The molecule has 1 aliphatic rings. The van der Waals surface area contributed by atoms with E-state index in [0.29, 0.717) is 21.3 Å². The Morgan fingerprint density at radius 3 is 2.35 bits per heavy atom. The van der Waals surface area contributed by atoms with Crippen LogP contribution in [0, 0.1) is 0 Å². The Hall–Kier alpha value is -2.90. The molecule has 31 heavy (non-hydrogen) atoms. The van der Waals surface area contributed by atoms with Crippen LogP contribution in [0.3, 0.4) is 0 Å². The van der Waals surface area contributed by atoms with Gasteiger partial charge in [-0.05, 0) is 49.7 Å². The number of esters is 1. The molecule has 1 N–H and O–H groups in total. The lowest BCUT2D eigenvalue weighted by Crippen LogP contribution is -2.37. The van der Waals surface area contributed by atoms with E-state index in [9.17, 15) is 19.2 Å². The number of rotatable bonds is 6. The molecule has 0 radical (unpaired) electrons. The molecule has 0 saturated carbocycles. The van der Waals surface area contributed by atoms with E-state index < -0.39 is 24.0 Å². The molecule has 0 bridgehead atoms. The molecule has 0 spiro atoms. The van der Waals surface area contributed by atoms with Crippen molar-refractivity contribution in [3.8, 4) is 0 Å². The van der Waals surface area contributed by atoms with Gasteiger partial charge in [0, 0.05) is 22.9 Å². The summed E-state index contributed by atoms with van der Waals surface area (Å²) in [6, 6.07) is 10.5. The van der Waals surface area contributed by atoms with Crippen molar-refractivity contribution >= 4 is 52.6 Å². The van der Waals surface area contributed by atoms with Crippen molar-refractivity contribution in [2.75, 3.05) is 4.90 Å². The Kier molecular flexibility index (Phi) is 6.97. The van der Waals surface area contributed by atoms with Crippen LogP contribution in [0.1, 0.15) is 48.7 Å². The van der Waals surface area contributed by atoms with Crippen LogP contribution in [-0.4, -0.2) is 29.8 Å². The fraction of sp³-hybridized carbons (Fsp3) is 0.273. The average molecular weight is 463 g/mol. The maximum absolute atomic E-state index is 12.5. The first-order chi connectivity index (χ1) is 14.7. The van der Waals surface area contributed by atoms with Gasteiger partial charge in [0.25, 0.3) is 5.91 Å². The van der Waals surface area contributed by atoms with Crippen molar-refractivity contribution in [1.29, 1.82) is 0 Å². The monoisotopic (exact) mass is 462 g/mol. The molecular weight excluding hydrogens is 443 g/mol. The van der Waals surface area contributed by atoms with Crippen LogP contribution in [0.15, 0.2) is 42.5 Å². The maximum atomic E-state index is 12.5. The standard InChI is InChI=1S/C22H20Cl2N2O5/c1-12(17-7-6-15(23)11-18(17)24)25-21(29)13(2)31-22(30)14-4-3-5-16(10-14)26-19(27)8-9-20(26)28/h3-7,10-13H,8-9H2,1-2H3,(H,25,29). The van der Waals surface area contributed by atoms with E-state index in [1.807, 2.05) is 0 Å². The van der Waals surface area contributed by atoms with Gasteiger partial charge in [-0.15, -0.1) is 0 Å². The van der Waals surface area contributed by atoms with Crippen molar-refractivity contribution in [3.63, 3.8) is 0 Å². The number of hydrogen-bond acceptors (Lipinski definition) is 5. The Morgan fingerprint density at radius 2 is 1.71 bits per heavy atom. The predicted molar refractivity (Wildman–Crippen MR) is 116 cm³/mol. The summed E-state index contributed by atoms with van der Waals surface area (Å²) in [6.07, 6.45) is -0.805. The van der Waals surface area contributed by atoms with Gasteiger partial charge in [-0.3, -0.25) is 19.3 Å². The van der Waals surface area contributed by atoms with Gasteiger partial charge >= 0.3 is 5.97 Å². The molecule has 1 aliphatic heterocycles. The fourth-order valence-corrected chi connectivity index (χ4v) is 3.75. The van der Waals surface area contributed by atoms with Crippen LogP contribution in [-0.2, 0) is 19.1 Å². The normalized spacial score (nSPS) is 15.5. The quantitative estimate of drug-likeness (QED) is 0.515. The molecule has 0 aliphatic carbocycles. The van der Waals surface area contributed by atoms with E-state index in [-0.39, 0.29) is 30.2 Å². The zero-order valence-corrected chi connectivity index (χ0v) is 18.4. The summed E-state index contributed by atoms with van der Waals surface area (Å²) in [5.74, 6) is -1.90. The highest BCUT2D eigenvalue weighted by Crippen LogP contribution is 2.26. The van der Waals surface area contributed by atoms with Gasteiger partial charge in [0.05, 0.1) is 17.3 Å². The number of halogens is 2. The second kappa shape index (κ2) is 9.49. The van der Waals surface area contributed by atoms with Crippen LogP contribution < -0.4 is 10.2 Å². The number of carbonyl (C=O) groups is 4. The second-order valence-corrected chi connectivity index (χ2v) is 7.96. The minimum absolute atomic E-state index is 0.124. The maximum Gasteiger partial charge on any atom is 0.338 e. The zero-order valence-electron chi connectivity index (χ0n) is 16.9. The molecule has 2 atom stereocenters. The highest BCUT2D eigenvalue weighted by Gasteiger charge is 2.31. The van der Waals surface area contributed by atoms with E-state index in [2.05, 4.69) is 5.32 Å². The molecule has 1 fully saturated rings. The Bertz CT molecular complexity index is 1040. The first-order valence-corrected chi connectivity index (χ1v) is 10.3. The van der Waals surface area contributed by atoms with Gasteiger partial charge in [-0.25, -0.2) is 4.79 Å². The van der Waals surface area contributed by atoms with E-state index in [4.69, 9.17) is 27.9 Å². The van der Waals surface area contributed by atoms with Crippen molar-refractivity contribution in [1.82, 2.24) is 5.32 Å². The topological polar surface area (TPSA) is 92.8 Å². The molecule has 2 unspecified atom stereocenters. The number of anilines is 1. The molecule has 2 aromatic carbocycles. The molecule has 7 nitrogen and oxygen atoms in total. The Balaban J connectivity index is 1.65. The summed E-state index contributed by atoms with van der Waals surface area (Å²) < 4.78 is 5.26. The van der Waals surface area contributed by atoms with Crippen molar-refractivity contribution in [3.05, 3.63) is 63.6 Å². The number of nitrogens with zero attached hydrogens (tertiary/aromatic N) is 1. The lowest BCUT2D eigenvalue weighted by Gasteiger charge is -2.19. The van der Waals surface area contributed by atoms with Gasteiger partial charge in [0.2, 0.25) is 11.8 Å². The minimum atomic E-state index is -1.08. The highest BCUT2D eigenvalue weighted by molar-refractivity contribution is 6.35. The summed E-state index contributed by atoms with van der Waals surface area (Å²) in [6.45, 7) is 3.19. The van der Waals surface area contributed by atoms with Gasteiger partial charge in [-0.2, -0.15) is 0 Å². The predicted octanol–water partition coefficient (Wildman–Crippen LogP) is 4.07. The smallest absolute Gasteiger partial charge is 0.338 e. The third kappa shape index (κ3) is 5.24. The highest BCUT2D eigenvalue weighted by atomic mass is 35.5. The Morgan fingerprint density at radius 1 is 1.03 bits per heavy atom. The SMILES string of the molecule is CC(OC(=O)c1cccc(N2C(=O)CCC2=O)c1)C(=O)NC(C)c1ccc(Cl)cc1Cl. The van der Waals surface area contributed by atoms with Crippen LogP contribution in [0.2, 0.25) is 10.0 Å². The first kappa shape index (κ1) is 22.8. The molecule has 3 amide bonds. The molecule has 0 aromatic heterocycles. The third-order valence-corrected chi connectivity index (χ3v) is 5.39. The number of amides is 3. The summed E-state index contributed by atoms with van der Waals surface area (Å²) in [4.78, 5) is 49.9. The van der Waals surface area contributed by atoms with Crippen molar-refractivity contribution < 1.29 is 23.9 Å². The van der Waals surface area contributed by atoms with Crippen LogP contribution in [0.4, 0.5) is 5.69 Å². The number of imide groups is 1. The van der Waals surface area contributed by atoms with Crippen molar-refractivity contribution in [2.24, 2.45) is 0 Å². The number of hydrogen-bond donors (Lipinski definition) is 1. The van der Waals surface area contributed by atoms with Gasteiger partial charge in [-0.1, -0.05) is 35.3 Å². The molecule has 3 rings (SSSR count). The number of carbonyl (C=O) groups excluding carboxylic acids is 4. The molecule has 9 heteroatoms. The summed E-state index contributed by atoms with van der Waals surface area (Å²) in [5.41, 5.74) is 1.09. The molecule has 2 aromatic rings. The van der Waals surface area contributed by atoms with Gasteiger partial charge in [0.15, 0.2) is 6.10 Å². The summed E-state index contributed by atoms with van der Waals surface area (Å²) in [5, 5.41) is 3.63. The van der Waals surface area contributed by atoms with Gasteiger partial charge < -0.3 is 10.1 Å². The molecular formula is C22H20Cl2N2O5. The number of nitrogens with one attached hydrogen (secondary N) is 1. The van der Waals surface area contributed by atoms with E-state index in [1.54, 1.807) is 37.3 Å². The lowest BCUT2D eigenvalue weighted by atomic mass is 10.1. The lowest BCUT2D eigenvalue weighted by molar-refractivity contribution is -0.129. The van der Waals surface area contributed by atoms with Crippen molar-refractivity contribution in [2.45, 2.75) is 38.8 Å². The second-order valence-electron chi connectivity index (χ2n) is 7.12. The minimum Gasteiger partial charge on any atom is -0.449 e. The Labute approximate surface area is 189 Å². The zero-order chi connectivity index (χ0) is 22.7. The number of ether oxygens (including phenoxy) is 1. The summed E-state index contributed by atoms with van der Waals surface area (Å²) >= 11 is 12.1. The van der Waals surface area contributed by atoms with E-state index in [0.717, 1.165) is 4.90 Å². The average Bonchev–Trinajstić information content (AvgIpc) is 3.05. The van der Waals surface area contributed by atoms with E-state index in [1.165, 1.54) is 19.1 Å². The van der Waals surface area contributed by atoms with Crippen LogP contribution in [0.25, 0.3) is 0 Å². The molecule has 162 valence electrons. The molecule has 1 saturated heterocycles. The fourth-order valence-electron chi connectivity index (χ4n) is 3.18. The van der Waals surface area contributed by atoms with Crippen LogP contribution in [0.5, 0.6) is 0 Å². The molecule has 1 heterocycles. The van der Waals surface area contributed by atoms with E-state index >= 15 is 0 Å². The summed E-state index contributed by atoms with van der Waals surface area (Å²) in [7, 11) is 0. The number of benzene rings is 2. The van der Waals surface area contributed by atoms with Gasteiger partial charge in [0.1, 0.15) is 0 Å². The first-order valence-electron chi connectivity index (χ1n) is 9.59. The van der Waals surface area contributed by atoms with Crippen LogP contribution >= 0.6 is 23.2 Å². The largest absolute Gasteiger partial charge is 0.449 e. The third-order valence-electron chi connectivity index (χ3n) is 4.83.